The third-order valence-corrected chi connectivity index (χ3v) is 3.97. The predicted octanol–water partition coefficient (Wildman–Crippen LogP) is 1.63. The first-order chi connectivity index (χ1) is 8.50. The third-order valence-electron chi connectivity index (χ3n) is 3.97. The van der Waals surface area contributed by atoms with Crippen molar-refractivity contribution in [3.8, 4) is 0 Å². The van der Waals surface area contributed by atoms with Crippen LogP contribution < -0.4 is 10.6 Å². The van der Waals surface area contributed by atoms with Gasteiger partial charge in [-0.2, -0.15) is 0 Å². The number of aromatic nitrogens is 1. The minimum absolute atomic E-state index is 0.0268. The summed E-state index contributed by atoms with van der Waals surface area (Å²) in [7, 11) is 2.19. The number of nitrogens with two attached hydrogens (primary N) is 1. The highest BCUT2D eigenvalue weighted by Crippen LogP contribution is 2.25. The maximum Gasteiger partial charge on any atom is 0.133 e. The second kappa shape index (κ2) is 5.24. The Morgan fingerprint density at radius 3 is 2.50 bits per heavy atom. The molecule has 0 aliphatic carbocycles. The number of hydrogen-bond acceptors (Lipinski definition) is 4. The molecule has 1 saturated heterocycles. The van der Waals surface area contributed by atoms with Gasteiger partial charge < -0.3 is 10.6 Å². The molecule has 2 N–H and O–H groups in total. The lowest BCUT2D eigenvalue weighted by Gasteiger charge is -2.43. The van der Waals surface area contributed by atoms with Crippen LogP contribution in [0.2, 0.25) is 0 Å². The van der Waals surface area contributed by atoms with E-state index in [-0.39, 0.29) is 6.04 Å². The summed E-state index contributed by atoms with van der Waals surface area (Å²) in [5, 5.41) is 0. The second-order valence-electron chi connectivity index (χ2n) is 5.47. The summed E-state index contributed by atoms with van der Waals surface area (Å²) in [4.78, 5) is 9.34. The van der Waals surface area contributed by atoms with Gasteiger partial charge in [0.05, 0.1) is 0 Å². The molecule has 1 aliphatic heterocycles. The smallest absolute Gasteiger partial charge is 0.133 e. The Hall–Kier alpha value is -1.13. The van der Waals surface area contributed by atoms with Gasteiger partial charge in [-0.3, -0.25) is 4.90 Å². The van der Waals surface area contributed by atoms with Crippen molar-refractivity contribution in [3.63, 3.8) is 0 Å². The summed E-state index contributed by atoms with van der Waals surface area (Å²) in [6.45, 7) is 8.56. The van der Waals surface area contributed by atoms with E-state index >= 15 is 0 Å². The van der Waals surface area contributed by atoms with Gasteiger partial charge in [-0.15, -0.1) is 0 Å². The molecular weight excluding hydrogens is 224 g/mol. The van der Waals surface area contributed by atoms with E-state index in [4.69, 9.17) is 5.73 Å². The molecule has 1 aliphatic rings. The summed E-state index contributed by atoms with van der Waals surface area (Å²) in [6, 6.07) is 5.15. The first-order valence-corrected chi connectivity index (χ1v) is 6.68. The van der Waals surface area contributed by atoms with Crippen molar-refractivity contribution in [1.82, 2.24) is 9.88 Å². The van der Waals surface area contributed by atoms with Crippen molar-refractivity contribution in [2.75, 3.05) is 25.0 Å². The molecule has 2 rings (SSSR count). The molecule has 1 fully saturated rings. The van der Waals surface area contributed by atoms with E-state index in [9.17, 15) is 0 Å². The van der Waals surface area contributed by atoms with Gasteiger partial charge in [0.2, 0.25) is 0 Å². The van der Waals surface area contributed by atoms with E-state index < -0.39 is 0 Å². The number of pyridine rings is 1. The highest BCUT2D eigenvalue weighted by atomic mass is 15.3. The van der Waals surface area contributed by atoms with Crippen LogP contribution in [0.4, 0.5) is 5.82 Å². The number of rotatable bonds is 2. The average molecular weight is 248 g/mol. The second-order valence-corrected chi connectivity index (χ2v) is 5.47. The number of anilines is 1. The fraction of sp³-hybridized carbons (Fsp3) is 0.643. The minimum Gasteiger partial charge on any atom is -0.353 e. The monoisotopic (exact) mass is 248 g/mol. The zero-order chi connectivity index (χ0) is 13.3. The van der Waals surface area contributed by atoms with Crippen LogP contribution in [0.5, 0.6) is 0 Å². The van der Waals surface area contributed by atoms with Crippen molar-refractivity contribution in [2.45, 2.75) is 38.9 Å². The largest absolute Gasteiger partial charge is 0.353 e. The van der Waals surface area contributed by atoms with E-state index in [0.717, 1.165) is 24.5 Å². The molecule has 0 bridgehead atoms. The molecule has 1 aromatic rings. The number of nitrogens with zero attached hydrogens (tertiary/aromatic N) is 3. The summed E-state index contributed by atoms with van der Waals surface area (Å²) in [6.07, 6.45) is 1.86. The Balaban J connectivity index is 2.27. The van der Waals surface area contributed by atoms with Gasteiger partial charge in [0, 0.05) is 43.0 Å². The standard InChI is InChI=1S/C14H24N4/c1-10-8-18(9-11(2)17(10)4)14-13(12(3)15)6-5-7-16-14/h5-7,10-12H,8-9,15H2,1-4H3/t10?,11?,12-/m0/s1. The van der Waals surface area contributed by atoms with Gasteiger partial charge in [-0.25, -0.2) is 4.98 Å². The van der Waals surface area contributed by atoms with Gasteiger partial charge in [0.1, 0.15) is 5.82 Å². The summed E-state index contributed by atoms with van der Waals surface area (Å²) < 4.78 is 0. The van der Waals surface area contributed by atoms with Gasteiger partial charge >= 0.3 is 0 Å². The quantitative estimate of drug-likeness (QED) is 0.864. The maximum absolute atomic E-state index is 6.04. The Morgan fingerprint density at radius 2 is 1.94 bits per heavy atom. The molecule has 0 saturated carbocycles. The lowest BCUT2D eigenvalue weighted by atomic mass is 10.1. The normalized spacial score (nSPS) is 27.3. The van der Waals surface area contributed by atoms with Crippen LogP contribution in [0, 0.1) is 0 Å². The first kappa shape index (κ1) is 13.3. The molecule has 0 aromatic carbocycles. The summed E-state index contributed by atoms with van der Waals surface area (Å²) >= 11 is 0. The fourth-order valence-electron chi connectivity index (χ4n) is 2.61. The summed E-state index contributed by atoms with van der Waals surface area (Å²) in [5.74, 6) is 1.05. The van der Waals surface area contributed by atoms with Gasteiger partial charge in [-0.05, 0) is 33.9 Å². The van der Waals surface area contributed by atoms with Crippen LogP contribution in [0.1, 0.15) is 32.4 Å². The van der Waals surface area contributed by atoms with E-state index in [2.05, 4.69) is 41.7 Å². The molecule has 4 nitrogen and oxygen atoms in total. The predicted molar refractivity (Wildman–Crippen MR) is 75.7 cm³/mol. The van der Waals surface area contributed by atoms with Crippen LogP contribution in [-0.4, -0.2) is 42.1 Å². The molecule has 100 valence electrons. The van der Waals surface area contributed by atoms with Gasteiger partial charge in [0.25, 0.3) is 0 Å². The van der Waals surface area contributed by atoms with Crippen molar-refractivity contribution >= 4 is 5.82 Å². The van der Waals surface area contributed by atoms with Crippen molar-refractivity contribution < 1.29 is 0 Å². The van der Waals surface area contributed by atoms with Crippen LogP contribution in [-0.2, 0) is 0 Å². The highest BCUT2D eigenvalue weighted by molar-refractivity contribution is 5.49. The molecule has 2 unspecified atom stereocenters. The Morgan fingerprint density at radius 1 is 1.33 bits per heavy atom. The molecule has 4 heteroatoms. The topological polar surface area (TPSA) is 45.4 Å². The Kier molecular flexibility index (Phi) is 3.88. The molecule has 18 heavy (non-hydrogen) atoms. The van der Waals surface area contributed by atoms with Crippen LogP contribution in [0.25, 0.3) is 0 Å². The maximum atomic E-state index is 6.04. The van der Waals surface area contributed by atoms with E-state index in [1.54, 1.807) is 0 Å². The fourth-order valence-corrected chi connectivity index (χ4v) is 2.61. The average Bonchev–Trinajstić information content (AvgIpc) is 2.35. The van der Waals surface area contributed by atoms with E-state index in [1.807, 2.05) is 19.2 Å². The zero-order valence-corrected chi connectivity index (χ0v) is 11.8. The molecule has 0 radical (unpaired) electrons. The lowest BCUT2D eigenvalue weighted by Crippen LogP contribution is -2.55. The summed E-state index contributed by atoms with van der Waals surface area (Å²) in [5.41, 5.74) is 7.18. The van der Waals surface area contributed by atoms with Gasteiger partial charge in [-0.1, -0.05) is 6.07 Å². The molecule has 2 heterocycles. The van der Waals surface area contributed by atoms with E-state index in [1.165, 1.54) is 0 Å². The first-order valence-electron chi connectivity index (χ1n) is 6.68. The van der Waals surface area contributed by atoms with Crippen molar-refractivity contribution in [3.05, 3.63) is 23.9 Å². The number of hydrogen-bond donors (Lipinski definition) is 1. The van der Waals surface area contributed by atoms with E-state index in [0.29, 0.717) is 12.1 Å². The van der Waals surface area contributed by atoms with Crippen LogP contribution >= 0.6 is 0 Å². The van der Waals surface area contributed by atoms with Crippen molar-refractivity contribution in [1.29, 1.82) is 0 Å². The molecule has 3 atom stereocenters. The van der Waals surface area contributed by atoms with Crippen LogP contribution in [0.15, 0.2) is 18.3 Å². The Bertz CT molecular complexity index is 393. The molecular formula is C14H24N4. The van der Waals surface area contributed by atoms with Crippen molar-refractivity contribution in [2.24, 2.45) is 5.73 Å². The van der Waals surface area contributed by atoms with Crippen LogP contribution in [0.3, 0.4) is 0 Å². The third kappa shape index (κ3) is 2.49. The molecule has 1 aromatic heterocycles. The highest BCUT2D eigenvalue weighted by Gasteiger charge is 2.28. The SMILES string of the molecule is CC1CN(c2ncccc2[C@H](C)N)CC(C)N1C. The molecule has 0 amide bonds. The molecule has 0 spiro atoms. The lowest BCUT2D eigenvalue weighted by molar-refractivity contribution is 0.169. The Labute approximate surface area is 110 Å². The minimum atomic E-state index is 0.0268. The number of piperazine rings is 1. The van der Waals surface area contributed by atoms with Gasteiger partial charge in [0.15, 0.2) is 0 Å². The number of likely N-dealkylation sites (N-methyl/N-ethyl adjacent to an activating group) is 1. The zero-order valence-electron chi connectivity index (χ0n) is 11.8.